The first-order valence-electron chi connectivity index (χ1n) is 8.21. The zero-order valence-corrected chi connectivity index (χ0v) is 13.9. The number of unbranched alkanes of at least 4 members (excludes halogenated alkanes) is 2. The Morgan fingerprint density at radius 1 is 0.840 bits per heavy atom. The van der Waals surface area contributed by atoms with Crippen LogP contribution in [-0.4, -0.2) is 22.1 Å². The van der Waals surface area contributed by atoms with Crippen LogP contribution in [0.2, 0.25) is 0 Å². The van der Waals surface area contributed by atoms with E-state index in [-0.39, 0.29) is 18.1 Å². The number of phenols is 1. The van der Waals surface area contributed by atoms with E-state index in [2.05, 4.69) is 5.32 Å². The lowest BCUT2D eigenvalue weighted by atomic mass is 10.0. The molecule has 2 aromatic rings. The van der Waals surface area contributed by atoms with Crippen LogP contribution in [0.15, 0.2) is 48.5 Å². The van der Waals surface area contributed by atoms with E-state index >= 15 is 0 Å². The summed E-state index contributed by atoms with van der Waals surface area (Å²) in [5.41, 5.74) is 3.86. The van der Waals surface area contributed by atoms with Gasteiger partial charge in [0.1, 0.15) is 5.75 Å². The van der Waals surface area contributed by atoms with E-state index in [1.807, 2.05) is 30.3 Å². The van der Waals surface area contributed by atoms with Crippen molar-refractivity contribution in [3.05, 3.63) is 48.5 Å². The van der Waals surface area contributed by atoms with Crippen molar-refractivity contribution in [3.8, 4) is 16.9 Å². The van der Waals surface area contributed by atoms with Gasteiger partial charge in [0.25, 0.3) is 0 Å². The summed E-state index contributed by atoms with van der Waals surface area (Å²) in [5.74, 6) is -0.591. The van der Waals surface area contributed by atoms with Crippen LogP contribution in [0.25, 0.3) is 11.1 Å². The number of amides is 2. The van der Waals surface area contributed by atoms with Crippen molar-refractivity contribution >= 4 is 17.5 Å². The third kappa shape index (κ3) is 5.93. The molecule has 0 spiro atoms. The summed E-state index contributed by atoms with van der Waals surface area (Å²) in [7, 11) is 0. The second-order valence-corrected chi connectivity index (χ2v) is 5.74. The number of aromatic hydroxyl groups is 1. The fraction of sp³-hybridized carbons (Fsp3) is 0.263. The smallest absolute Gasteiger partial charge is 0.243 e. The molecule has 0 aliphatic rings. The van der Waals surface area contributed by atoms with E-state index in [1.165, 1.54) is 0 Å². The fourth-order valence-electron chi connectivity index (χ4n) is 2.46. The molecular formula is C19H22N2O4. The van der Waals surface area contributed by atoms with Crippen LogP contribution in [0.1, 0.15) is 32.1 Å². The molecule has 0 saturated heterocycles. The number of rotatable bonds is 8. The Balaban J connectivity index is 1.87. The van der Waals surface area contributed by atoms with E-state index in [1.54, 1.807) is 23.7 Å². The van der Waals surface area contributed by atoms with Crippen molar-refractivity contribution in [2.24, 2.45) is 0 Å². The van der Waals surface area contributed by atoms with Crippen molar-refractivity contribution in [1.82, 2.24) is 5.48 Å². The van der Waals surface area contributed by atoms with E-state index in [9.17, 15) is 14.7 Å². The molecule has 0 atom stereocenters. The van der Waals surface area contributed by atoms with Crippen molar-refractivity contribution in [2.75, 3.05) is 5.32 Å². The van der Waals surface area contributed by atoms with Gasteiger partial charge in [0.15, 0.2) is 0 Å². The molecular weight excluding hydrogens is 320 g/mol. The van der Waals surface area contributed by atoms with Crippen LogP contribution in [0.4, 0.5) is 5.69 Å². The van der Waals surface area contributed by atoms with Gasteiger partial charge >= 0.3 is 0 Å². The van der Waals surface area contributed by atoms with Crippen molar-refractivity contribution < 1.29 is 19.9 Å². The number of phenolic OH excluding ortho intramolecular Hbond substituents is 1. The molecule has 132 valence electrons. The second kappa shape index (κ2) is 9.44. The van der Waals surface area contributed by atoms with Crippen LogP contribution in [-0.2, 0) is 9.59 Å². The number of nitrogens with one attached hydrogen (secondary N) is 2. The third-order valence-corrected chi connectivity index (χ3v) is 3.81. The molecule has 0 fully saturated rings. The molecule has 2 rings (SSSR count). The van der Waals surface area contributed by atoms with Crippen LogP contribution >= 0.6 is 0 Å². The van der Waals surface area contributed by atoms with E-state index in [0.717, 1.165) is 11.1 Å². The van der Waals surface area contributed by atoms with Gasteiger partial charge in [0.2, 0.25) is 11.8 Å². The quantitative estimate of drug-likeness (QED) is 0.255. The standard InChI is InChI=1S/C19H22N2O4/c22-17-12-11-15(14-7-3-1-4-8-14)13-16(17)20-18(23)9-5-2-6-10-19(24)21-25/h1,3-4,7-8,11-13,22,25H,2,5-6,9-10H2,(H,20,23)(H,21,24). The minimum Gasteiger partial charge on any atom is -0.506 e. The maximum absolute atomic E-state index is 12.0. The molecule has 0 bridgehead atoms. The van der Waals surface area contributed by atoms with Gasteiger partial charge in [-0.2, -0.15) is 0 Å². The summed E-state index contributed by atoms with van der Waals surface area (Å²) < 4.78 is 0. The number of hydrogen-bond acceptors (Lipinski definition) is 4. The molecule has 4 N–H and O–H groups in total. The molecule has 2 amide bonds. The highest BCUT2D eigenvalue weighted by Crippen LogP contribution is 2.29. The number of benzene rings is 2. The van der Waals surface area contributed by atoms with Crippen molar-refractivity contribution in [1.29, 1.82) is 0 Å². The molecule has 0 saturated carbocycles. The largest absolute Gasteiger partial charge is 0.506 e. The van der Waals surface area contributed by atoms with E-state index in [4.69, 9.17) is 5.21 Å². The van der Waals surface area contributed by atoms with Crippen molar-refractivity contribution in [3.63, 3.8) is 0 Å². The lowest BCUT2D eigenvalue weighted by Gasteiger charge is -2.10. The minimum absolute atomic E-state index is 0.0210. The Hall–Kier alpha value is -2.86. The summed E-state index contributed by atoms with van der Waals surface area (Å²) in [6.45, 7) is 0. The maximum Gasteiger partial charge on any atom is 0.243 e. The molecule has 2 aromatic carbocycles. The van der Waals surface area contributed by atoms with Crippen LogP contribution in [0, 0.1) is 0 Å². The lowest BCUT2D eigenvalue weighted by Crippen LogP contribution is -2.17. The van der Waals surface area contributed by atoms with Gasteiger partial charge in [0.05, 0.1) is 5.69 Å². The van der Waals surface area contributed by atoms with Gasteiger partial charge in [0, 0.05) is 12.8 Å². The first kappa shape index (κ1) is 18.5. The Bertz CT molecular complexity index is 717. The van der Waals surface area contributed by atoms with Gasteiger partial charge in [-0.05, 0) is 36.1 Å². The Morgan fingerprint density at radius 2 is 1.52 bits per heavy atom. The normalized spacial score (nSPS) is 10.3. The van der Waals surface area contributed by atoms with Gasteiger partial charge in [-0.15, -0.1) is 0 Å². The van der Waals surface area contributed by atoms with E-state index < -0.39 is 5.91 Å². The highest BCUT2D eigenvalue weighted by atomic mass is 16.5. The van der Waals surface area contributed by atoms with Crippen LogP contribution in [0.5, 0.6) is 5.75 Å². The Kier molecular flexibility index (Phi) is 6.98. The molecule has 25 heavy (non-hydrogen) atoms. The van der Waals surface area contributed by atoms with Crippen molar-refractivity contribution in [2.45, 2.75) is 32.1 Å². The third-order valence-electron chi connectivity index (χ3n) is 3.81. The molecule has 0 radical (unpaired) electrons. The molecule has 0 aliphatic carbocycles. The number of anilines is 1. The molecule has 6 heteroatoms. The van der Waals surface area contributed by atoms with Gasteiger partial charge in [-0.1, -0.05) is 42.8 Å². The average molecular weight is 342 g/mol. The molecule has 0 aliphatic heterocycles. The Morgan fingerprint density at radius 3 is 2.20 bits per heavy atom. The summed E-state index contributed by atoms with van der Waals surface area (Å²) in [4.78, 5) is 22.9. The fourth-order valence-corrected chi connectivity index (χ4v) is 2.46. The zero-order valence-electron chi connectivity index (χ0n) is 13.9. The zero-order chi connectivity index (χ0) is 18.1. The molecule has 0 heterocycles. The average Bonchev–Trinajstić information content (AvgIpc) is 2.63. The Labute approximate surface area is 146 Å². The number of carbonyl (C=O) groups is 2. The minimum atomic E-state index is -0.424. The maximum atomic E-state index is 12.0. The van der Waals surface area contributed by atoms with Gasteiger partial charge < -0.3 is 10.4 Å². The number of hydroxylamine groups is 1. The predicted molar refractivity (Wildman–Crippen MR) is 95.2 cm³/mol. The van der Waals surface area contributed by atoms with Crippen LogP contribution < -0.4 is 10.8 Å². The predicted octanol–water partition coefficient (Wildman–Crippen LogP) is 3.45. The SMILES string of the molecule is O=C(CCCCCC(=O)Nc1cc(-c2ccccc2)ccc1O)NO. The summed E-state index contributed by atoms with van der Waals surface area (Å²) in [6.07, 6.45) is 2.47. The number of hydrogen-bond donors (Lipinski definition) is 4. The molecule has 0 aromatic heterocycles. The molecule has 6 nitrogen and oxygen atoms in total. The number of carbonyl (C=O) groups excluding carboxylic acids is 2. The topological polar surface area (TPSA) is 98.7 Å². The van der Waals surface area contributed by atoms with E-state index in [0.29, 0.717) is 31.4 Å². The summed E-state index contributed by atoms with van der Waals surface area (Å²) >= 11 is 0. The highest BCUT2D eigenvalue weighted by Gasteiger charge is 2.09. The summed E-state index contributed by atoms with van der Waals surface area (Å²) in [5, 5.41) is 21.1. The van der Waals surface area contributed by atoms with Gasteiger partial charge in [-0.3, -0.25) is 14.8 Å². The highest BCUT2D eigenvalue weighted by molar-refractivity contribution is 5.93. The summed E-state index contributed by atoms with van der Waals surface area (Å²) in [6, 6.07) is 14.8. The van der Waals surface area contributed by atoms with Crippen LogP contribution in [0.3, 0.4) is 0 Å². The van der Waals surface area contributed by atoms with Gasteiger partial charge in [-0.25, -0.2) is 5.48 Å². The monoisotopic (exact) mass is 342 g/mol. The second-order valence-electron chi connectivity index (χ2n) is 5.74. The first-order chi connectivity index (χ1) is 12.1. The molecule has 0 unspecified atom stereocenters. The first-order valence-corrected chi connectivity index (χ1v) is 8.21. The lowest BCUT2D eigenvalue weighted by molar-refractivity contribution is -0.129.